The highest BCUT2D eigenvalue weighted by atomic mass is 32.1. The second-order valence-electron chi connectivity index (χ2n) is 5.12. The normalized spacial score (nSPS) is 11.6. The van der Waals surface area contributed by atoms with Crippen LogP contribution in [0.3, 0.4) is 0 Å². The molecule has 0 fully saturated rings. The number of carbonyl (C=O) groups is 1. The smallest absolute Gasteiger partial charge is 0.270 e. The minimum atomic E-state index is -0.438. The Hall–Kier alpha value is -1.66. The molecule has 2 aromatic rings. The number of hydrogen-bond donors (Lipinski definition) is 2. The summed E-state index contributed by atoms with van der Waals surface area (Å²) in [6.07, 6.45) is 0. The first-order valence-corrected chi connectivity index (χ1v) is 6.82. The number of nitrogens with one attached hydrogen (secondary N) is 1. The number of aryl methyl sites for hydroxylation is 1. The molecule has 2 rings (SSSR count). The Morgan fingerprint density at radius 1 is 1.53 bits per heavy atom. The van der Waals surface area contributed by atoms with E-state index in [0.29, 0.717) is 23.0 Å². The summed E-state index contributed by atoms with van der Waals surface area (Å²) in [5.41, 5.74) is 5.76. The van der Waals surface area contributed by atoms with E-state index in [4.69, 9.17) is 10.2 Å². The maximum atomic E-state index is 11.9. The molecule has 0 saturated carbocycles. The molecule has 0 spiro atoms. The van der Waals surface area contributed by atoms with Gasteiger partial charge in [0.15, 0.2) is 10.8 Å². The number of nitrogens with two attached hydrogens (primary N) is 1. The number of thiazole rings is 1. The SMILES string of the molecule is Cc1ccc(-c2nc(C(=O)NCC(C)(C)N)cs2)o1. The van der Waals surface area contributed by atoms with Crippen molar-refractivity contribution >= 4 is 17.2 Å². The molecular formula is C13H17N3O2S. The summed E-state index contributed by atoms with van der Waals surface area (Å²) in [7, 11) is 0. The van der Waals surface area contributed by atoms with Gasteiger partial charge in [-0.3, -0.25) is 4.79 Å². The zero-order chi connectivity index (χ0) is 14.0. The van der Waals surface area contributed by atoms with Crippen molar-refractivity contribution in [1.82, 2.24) is 10.3 Å². The van der Waals surface area contributed by atoms with Crippen LogP contribution in [-0.4, -0.2) is 23.0 Å². The summed E-state index contributed by atoms with van der Waals surface area (Å²) in [5.74, 6) is 1.28. The lowest BCUT2D eigenvalue weighted by Crippen LogP contribution is -2.45. The van der Waals surface area contributed by atoms with Gasteiger partial charge in [-0.25, -0.2) is 4.98 Å². The standard InChI is InChI=1S/C13H17N3O2S/c1-8-4-5-10(18-8)12-16-9(6-19-12)11(17)15-7-13(2,3)14/h4-6H,7,14H2,1-3H3,(H,15,17). The topological polar surface area (TPSA) is 81.2 Å². The maximum Gasteiger partial charge on any atom is 0.270 e. The minimum Gasteiger partial charge on any atom is -0.459 e. The second-order valence-corrected chi connectivity index (χ2v) is 5.98. The van der Waals surface area contributed by atoms with Crippen molar-refractivity contribution in [3.63, 3.8) is 0 Å². The average molecular weight is 279 g/mol. The lowest BCUT2D eigenvalue weighted by Gasteiger charge is -2.18. The molecule has 5 nitrogen and oxygen atoms in total. The molecule has 102 valence electrons. The summed E-state index contributed by atoms with van der Waals surface area (Å²) in [6, 6.07) is 3.71. The number of aromatic nitrogens is 1. The molecule has 0 radical (unpaired) electrons. The average Bonchev–Trinajstić information content (AvgIpc) is 2.93. The third-order valence-corrected chi connectivity index (χ3v) is 3.25. The van der Waals surface area contributed by atoms with Crippen LogP contribution in [0, 0.1) is 6.92 Å². The molecule has 1 amide bonds. The molecule has 3 N–H and O–H groups in total. The molecule has 19 heavy (non-hydrogen) atoms. The molecule has 0 atom stereocenters. The van der Waals surface area contributed by atoms with E-state index in [1.807, 2.05) is 32.9 Å². The molecule has 0 aliphatic rings. The quantitative estimate of drug-likeness (QED) is 0.898. The van der Waals surface area contributed by atoms with Crippen molar-refractivity contribution < 1.29 is 9.21 Å². The summed E-state index contributed by atoms with van der Waals surface area (Å²) in [6.45, 7) is 5.98. The number of amides is 1. The van der Waals surface area contributed by atoms with Crippen LogP contribution in [0.25, 0.3) is 10.8 Å². The third-order valence-electron chi connectivity index (χ3n) is 2.39. The number of hydrogen-bond acceptors (Lipinski definition) is 5. The summed E-state index contributed by atoms with van der Waals surface area (Å²) in [5, 5.41) is 5.17. The second kappa shape index (κ2) is 5.14. The molecule has 0 unspecified atom stereocenters. The first-order chi connectivity index (χ1) is 8.85. The van der Waals surface area contributed by atoms with Gasteiger partial charge < -0.3 is 15.5 Å². The first-order valence-electron chi connectivity index (χ1n) is 5.94. The third kappa shape index (κ3) is 3.65. The van der Waals surface area contributed by atoms with Crippen LogP contribution in [0.5, 0.6) is 0 Å². The summed E-state index contributed by atoms with van der Waals surface area (Å²) < 4.78 is 5.47. The number of nitrogens with zero attached hydrogens (tertiary/aromatic N) is 1. The molecule has 6 heteroatoms. The van der Waals surface area contributed by atoms with E-state index in [-0.39, 0.29) is 5.91 Å². The van der Waals surface area contributed by atoms with Gasteiger partial charge in [-0.2, -0.15) is 0 Å². The van der Waals surface area contributed by atoms with Crippen LogP contribution in [0.2, 0.25) is 0 Å². The van der Waals surface area contributed by atoms with Crippen LogP contribution in [0.4, 0.5) is 0 Å². The van der Waals surface area contributed by atoms with Crippen molar-refractivity contribution in [3.05, 3.63) is 29.0 Å². The van der Waals surface area contributed by atoms with Gasteiger partial charge in [-0.05, 0) is 32.9 Å². The van der Waals surface area contributed by atoms with Crippen LogP contribution in [-0.2, 0) is 0 Å². The maximum absolute atomic E-state index is 11.9. The van der Waals surface area contributed by atoms with Crippen molar-refractivity contribution in [2.75, 3.05) is 6.54 Å². The lowest BCUT2D eigenvalue weighted by atomic mass is 10.1. The molecule has 2 aromatic heterocycles. The van der Waals surface area contributed by atoms with Crippen LogP contribution < -0.4 is 11.1 Å². The van der Waals surface area contributed by atoms with Crippen molar-refractivity contribution in [2.45, 2.75) is 26.3 Å². The highest BCUT2D eigenvalue weighted by Crippen LogP contribution is 2.25. The summed E-state index contributed by atoms with van der Waals surface area (Å²) >= 11 is 1.38. The fourth-order valence-corrected chi connectivity index (χ4v) is 2.20. The molecule has 0 aliphatic heterocycles. The van der Waals surface area contributed by atoms with Crippen molar-refractivity contribution in [2.24, 2.45) is 5.73 Å². The Morgan fingerprint density at radius 2 is 2.26 bits per heavy atom. The van der Waals surface area contributed by atoms with Crippen molar-refractivity contribution in [1.29, 1.82) is 0 Å². The molecule has 0 saturated heterocycles. The van der Waals surface area contributed by atoms with Gasteiger partial charge in [0.05, 0.1) is 0 Å². The lowest BCUT2D eigenvalue weighted by molar-refractivity contribution is 0.0942. The zero-order valence-electron chi connectivity index (χ0n) is 11.2. The molecular weight excluding hydrogens is 262 g/mol. The highest BCUT2D eigenvalue weighted by Gasteiger charge is 2.16. The van der Waals surface area contributed by atoms with Crippen LogP contribution in [0.1, 0.15) is 30.1 Å². The monoisotopic (exact) mass is 279 g/mol. The van der Waals surface area contributed by atoms with E-state index in [2.05, 4.69) is 10.3 Å². The van der Waals surface area contributed by atoms with E-state index in [0.717, 1.165) is 5.76 Å². The van der Waals surface area contributed by atoms with Crippen LogP contribution in [0.15, 0.2) is 21.9 Å². The van der Waals surface area contributed by atoms with E-state index in [9.17, 15) is 4.79 Å². The number of carbonyl (C=O) groups excluding carboxylic acids is 1. The Kier molecular flexibility index (Phi) is 3.73. The fourth-order valence-electron chi connectivity index (χ4n) is 1.44. The Labute approximate surface area is 115 Å². The van der Waals surface area contributed by atoms with Gasteiger partial charge in [0.1, 0.15) is 11.5 Å². The van der Waals surface area contributed by atoms with Gasteiger partial charge in [0, 0.05) is 17.5 Å². The largest absolute Gasteiger partial charge is 0.459 e. The van der Waals surface area contributed by atoms with Gasteiger partial charge in [0.25, 0.3) is 5.91 Å². The summed E-state index contributed by atoms with van der Waals surface area (Å²) in [4.78, 5) is 16.2. The fraction of sp³-hybridized carbons (Fsp3) is 0.385. The van der Waals surface area contributed by atoms with Gasteiger partial charge in [0.2, 0.25) is 0 Å². The predicted octanol–water partition coefficient (Wildman–Crippen LogP) is 2.18. The minimum absolute atomic E-state index is 0.218. The number of furan rings is 1. The number of rotatable bonds is 4. The van der Waals surface area contributed by atoms with E-state index < -0.39 is 5.54 Å². The zero-order valence-corrected chi connectivity index (χ0v) is 12.0. The van der Waals surface area contributed by atoms with E-state index in [1.54, 1.807) is 5.38 Å². The Balaban J connectivity index is 2.07. The molecule has 2 heterocycles. The van der Waals surface area contributed by atoms with Crippen molar-refractivity contribution in [3.8, 4) is 10.8 Å². The Bertz CT molecular complexity index is 581. The molecule has 0 aliphatic carbocycles. The van der Waals surface area contributed by atoms with E-state index in [1.165, 1.54) is 11.3 Å². The highest BCUT2D eigenvalue weighted by molar-refractivity contribution is 7.13. The predicted molar refractivity (Wildman–Crippen MR) is 75.2 cm³/mol. The molecule has 0 bridgehead atoms. The van der Waals surface area contributed by atoms with Gasteiger partial charge in [-0.1, -0.05) is 0 Å². The Morgan fingerprint density at radius 3 is 2.84 bits per heavy atom. The van der Waals surface area contributed by atoms with Gasteiger partial charge >= 0.3 is 0 Å². The van der Waals surface area contributed by atoms with E-state index >= 15 is 0 Å². The molecule has 0 aromatic carbocycles. The van der Waals surface area contributed by atoms with Crippen LogP contribution >= 0.6 is 11.3 Å². The van der Waals surface area contributed by atoms with Gasteiger partial charge in [-0.15, -0.1) is 11.3 Å². The first kappa shape index (κ1) is 13.8.